The molecule has 25 heavy (non-hydrogen) atoms. The highest BCUT2D eigenvalue weighted by atomic mass is 16.2. The SMILES string of the molecule is Cc1cc(C)c(NC(=O)Nc2cccc(-c3cnc(N)[nH]3)c2)c(C)c1. The number of rotatable bonds is 3. The number of carbonyl (C=O) groups excluding carboxylic acids is 1. The van der Waals surface area contributed by atoms with E-state index in [1.165, 1.54) is 5.56 Å². The first-order chi connectivity index (χ1) is 11.9. The molecule has 6 nitrogen and oxygen atoms in total. The van der Waals surface area contributed by atoms with E-state index in [1.807, 2.05) is 57.2 Å². The lowest BCUT2D eigenvalue weighted by molar-refractivity contribution is 0.262. The number of hydrogen-bond acceptors (Lipinski definition) is 3. The quantitative estimate of drug-likeness (QED) is 0.577. The van der Waals surface area contributed by atoms with Gasteiger partial charge in [-0.1, -0.05) is 29.8 Å². The minimum Gasteiger partial charge on any atom is -0.369 e. The van der Waals surface area contributed by atoms with Gasteiger partial charge < -0.3 is 21.4 Å². The maximum Gasteiger partial charge on any atom is 0.323 e. The molecule has 2 amide bonds. The molecule has 0 spiro atoms. The Morgan fingerprint density at radius 2 is 1.80 bits per heavy atom. The maximum absolute atomic E-state index is 12.4. The Morgan fingerprint density at radius 3 is 2.44 bits per heavy atom. The second kappa shape index (κ2) is 6.68. The number of aromatic amines is 1. The van der Waals surface area contributed by atoms with Crippen molar-refractivity contribution in [1.82, 2.24) is 9.97 Å². The number of H-pyrrole nitrogens is 1. The number of urea groups is 1. The standard InChI is InChI=1S/C19H21N5O/c1-11-7-12(2)17(13(3)8-11)24-19(25)22-15-6-4-5-14(9-15)16-10-21-18(20)23-16/h4-10H,1-3H3,(H3,20,21,23)(H2,22,24,25). The summed E-state index contributed by atoms with van der Waals surface area (Å²) in [5, 5.41) is 5.79. The smallest absolute Gasteiger partial charge is 0.323 e. The van der Waals surface area contributed by atoms with E-state index >= 15 is 0 Å². The van der Waals surface area contributed by atoms with Crippen molar-refractivity contribution >= 4 is 23.4 Å². The molecule has 0 saturated carbocycles. The summed E-state index contributed by atoms with van der Waals surface area (Å²) in [5.74, 6) is 0.358. The van der Waals surface area contributed by atoms with Crippen LogP contribution in [0, 0.1) is 20.8 Å². The van der Waals surface area contributed by atoms with Crippen LogP contribution in [-0.4, -0.2) is 16.0 Å². The summed E-state index contributed by atoms with van der Waals surface area (Å²) in [6.45, 7) is 6.01. The number of nitrogen functional groups attached to an aromatic ring is 1. The van der Waals surface area contributed by atoms with Gasteiger partial charge in [-0.05, 0) is 44.0 Å². The zero-order chi connectivity index (χ0) is 18.0. The van der Waals surface area contributed by atoms with Gasteiger partial charge in [-0.3, -0.25) is 0 Å². The normalized spacial score (nSPS) is 10.5. The molecule has 5 N–H and O–H groups in total. The Morgan fingerprint density at radius 1 is 1.08 bits per heavy atom. The summed E-state index contributed by atoms with van der Waals surface area (Å²) in [6, 6.07) is 11.3. The van der Waals surface area contributed by atoms with E-state index in [2.05, 4.69) is 20.6 Å². The molecular weight excluding hydrogens is 314 g/mol. The van der Waals surface area contributed by atoms with Crippen LogP contribution in [0.3, 0.4) is 0 Å². The first-order valence-electron chi connectivity index (χ1n) is 7.99. The molecule has 0 aliphatic carbocycles. The summed E-state index contributed by atoms with van der Waals surface area (Å²) in [7, 11) is 0. The van der Waals surface area contributed by atoms with Crippen LogP contribution in [0.5, 0.6) is 0 Å². The number of benzene rings is 2. The van der Waals surface area contributed by atoms with Gasteiger partial charge in [0.15, 0.2) is 5.95 Å². The number of hydrogen-bond donors (Lipinski definition) is 4. The molecular formula is C19H21N5O. The number of anilines is 3. The van der Waals surface area contributed by atoms with Gasteiger partial charge in [0.1, 0.15) is 0 Å². The molecule has 1 heterocycles. The molecule has 3 aromatic rings. The van der Waals surface area contributed by atoms with E-state index in [-0.39, 0.29) is 6.03 Å². The molecule has 0 atom stereocenters. The summed E-state index contributed by atoms with van der Waals surface area (Å²) in [4.78, 5) is 19.3. The minimum atomic E-state index is -0.281. The van der Waals surface area contributed by atoms with E-state index in [0.29, 0.717) is 11.6 Å². The number of imidazole rings is 1. The van der Waals surface area contributed by atoms with E-state index in [1.54, 1.807) is 6.20 Å². The number of nitrogens with two attached hydrogens (primary N) is 1. The highest BCUT2D eigenvalue weighted by molar-refractivity contribution is 6.01. The van der Waals surface area contributed by atoms with Crippen LogP contribution >= 0.6 is 0 Å². The summed E-state index contributed by atoms with van der Waals surface area (Å²) in [6.07, 6.45) is 1.66. The maximum atomic E-state index is 12.4. The van der Waals surface area contributed by atoms with Gasteiger partial charge in [0.25, 0.3) is 0 Å². The van der Waals surface area contributed by atoms with Crippen LogP contribution in [0.1, 0.15) is 16.7 Å². The van der Waals surface area contributed by atoms with Crippen molar-refractivity contribution in [2.24, 2.45) is 0 Å². The summed E-state index contributed by atoms with van der Waals surface area (Å²) in [5.41, 5.74) is 12.1. The van der Waals surface area contributed by atoms with Crippen molar-refractivity contribution in [3.05, 3.63) is 59.3 Å². The third-order valence-corrected chi connectivity index (χ3v) is 3.94. The number of nitrogens with one attached hydrogen (secondary N) is 3. The molecule has 128 valence electrons. The fraction of sp³-hybridized carbons (Fsp3) is 0.158. The summed E-state index contributed by atoms with van der Waals surface area (Å²) < 4.78 is 0. The fourth-order valence-corrected chi connectivity index (χ4v) is 2.90. The lowest BCUT2D eigenvalue weighted by atomic mass is 10.1. The van der Waals surface area contributed by atoms with Crippen molar-refractivity contribution in [2.75, 3.05) is 16.4 Å². The molecule has 2 aromatic carbocycles. The Bertz CT molecular complexity index is 906. The molecule has 1 aromatic heterocycles. The molecule has 0 saturated heterocycles. The van der Waals surface area contributed by atoms with Gasteiger partial charge >= 0.3 is 6.03 Å². The first-order valence-corrected chi connectivity index (χ1v) is 7.99. The van der Waals surface area contributed by atoms with Crippen molar-refractivity contribution in [3.8, 4) is 11.3 Å². The predicted molar refractivity (Wildman–Crippen MR) is 102 cm³/mol. The zero-order valence-electron chi connectivity index (χ0n) is 14.5. The van der Waals surface area contributed by atoms with Crippen LogP contribution in [0.15, 0.2) is 42.6 Å². The Hall–Kier alpha value is -3.28. The molecule has 0 aliphatic heterocycles. The summed E-state index contributed by atoms with van der Waals surface area (Å²) >= 11 is 0. The molecule has 0 radical (unpaired) electrons. The average Bonchev–Trinajstić information content (AvgIpc) is 2.98. The zero-order valence-corrected chi connectivity index (χ0v) is 14.5. The number of amides is 2. The van der Waals surface area contributed by atoms with Crippen LogP contribution in [-0.2, 0) is 0 Å². The molecule has 6 heteroatoms. The Balaban J connectivity index is 1.76. The minimum absolute atomic E-state index is 0.281. The topological polar surface area (TPSA) is 95.8 Å². The number of nitrogens with zero attached hydrogens (tertiary/aromatic N) is 1. The fourth-order valence-electron chi connectivity index (χ4n) is 2.90. The van der Waals surface area contributed by atoms with E-state index in [9.17, 15) is 4.79 Å². The van der Waals surface area contributed by atoms with Crippen molar-refractivity contribution in [1.29, 1.82) is 0 Å². The molecule has 0 bridgehead atoms. The van der Waals surface area contributed by atoms with Crippen LogP contribution < -0.4 is 16.4 Å². The van der Waals surface area contributed by atoms with Gasteiger partial charge in [-0.2, -0.15) is 0 Å². The lowest BCUT2D eigenvalue weighted by Crippen LogP contribution is -2.20. The Labute approximate surface area is 146 Å². The van der Waals surface area contributed by atoms with Gasteiger partial charge in [0.2, 0.25) is 0 Å². The third kappa shape index (κ3) is 3.80. The number of aromatic nitrogens is 2. The van der Waals surface area contributed by atoms with Gasteiger partial charge in [-0.25, -0.2) is 9.78 Å². The predicted octanol–water partition coefficient (Wildman–Crippen LogP) is 4.23. The second-order valence-electron chi connectivity index (χ2n) is 6.12. The second-order valence-corrected chi connectivity index (χ2v) is 6.12. The van der Waals surface area contributed by atoms with Gasteiger partial charge in [-0.15, -0.1) is 0 Å². The number of carbonyl (C=O) groups is 1. The highest BCUT2D eigenvalue weighted by Crippen LogP contribution is 2.24. The van der Waals surface area contributed by atoms with E-state index < -0.39 is 0 Å². The lowest BCUT2D eigenvalue weighted by Gasteiger charge is -2.14. The largest absolute Gasteiger partial charge is 0.369 e. The van der Waals surface area contributed by atoms with E-state index in [0.717, 1.165) is 28.1 Å². The Kier molecular flexibility index (Phi) is 4.43. The number of aryl methyl sites for hydroxylation is 3. The average molecular weight is 335 g/mol. The van der Waals surface area contributed by atoms with Crippen LogP contribution in [0.4, 0.5) is 22.1 Å². The van der Waals surface area contributed by atoms with Crippen molar-refractivity contribution in [2.45, 2.75) is 20.8 Å². The highest BCUT2D eigenvalue weighted by Gasteiger charge is 2.09. The van der Waals surface area contributed by atoms with Crippen molar-refractivity contribution < 1.29 is 4.79 Å². The van der Waals surface area contributed by atoms with Crippen molar-refractivity contribution in [3.63, 3.8) is 0 Å². The van der Waals surface area contributed by atoms with Gasteiger partial charge in [0.05, 0.1) is 11.9 Å². The van der Waals surface area contributed by atoms with Crippen LogP contribution in [0.2, 0.25) is 0 Å². The van der Waals surface area contributed by atoms with Crippen LogP contribution in [0.25, 0.3) is 11.3 Å². The molecule has 0 unspecified atom stereocenters. The molecule has 0 aliphatic rings. The third-order valence-electron chi connectivity index (χ3n) is 3.94. The first kappa shape index (κ1) is 16.6. The molecule has 3 rings (SSSR count). The van der Waals surface area contributed by atoms with E-state index in [4.69, 9.17) is 5.73 Å². The van der Waals surface area contributed by atoms with Gasteiger partial charge in [0, 0.05) is 16.9 Å². The monoisotopic (exact) mass is 335 g/mol. The molecule has 0 fully saturated rings.